The van der Waals surface area contributed by atoms with Crippen LogP contribution in [0, 0.1) is 5.92 Å². The zero-order valence-electron chi connectivity index (χ0n) is 20.3. The SMILES string of the molecule is COc1ccc([C@@H]2Oc3cc(OC)c(Br)cc3[C@@H]3C=CC[C@H](c4ccc(OC)c(OC)c4)[C@H]32)cc1. The summed E-state index contributed by atoms with van der Waals surface area (Å²) < 4.78 is 29.8. The van der Waals surface area contributed by atoms with Crippen LogP contribution >= 0.6 is 15.9 Å². The van der Waals surface area contributed by atoms with E-state index in [2.05, 4.69) is 58.4 Å². The highest BCUT2D eigenvalue weighted by molar-refractivity contribution is 9.10. The summed E-state index contributed by atoms with van der Waals surface area (Å²) in [6, 6.07) is 18.6. The van der Waals surface area contributed by atoms with Gasteiger partial charge in [0.05, 0.1) is 32.9 Å². The van der Waals surface area contributed by atoms with Gasteiger partial charge in [-0.2, -0.15) is 0 Å². The molecule has 0 saturated carbocycles. The van der Waals surface area contributed by atoms with Gasteiger partial charge < -0.3 is 23.7 Å². The summed E-state index contributed by atoms with van der Waals surface area (Å²) in [4.78, 5) is 0. The summed E-state index contributed by atoms with van der Waals surface area (Å²) in [5.41, 5.74) is 3.49. The van der Waals surface area contributed by atoms with Gasteiger partial charge in [-0.1, -0.05) is 30.4 Å². The van der Waals surface area contributed by atoms with Crippen molar-refractivity contribution < 1.29 is 23.7 Å². The fourth-order valence-corrected chi connectivity index (χ4v) is 5.95. The molecule has 6 heteroatoms. The Kier molecular flexibility index (Phi) is 6.65. The van der Waals surface area contributed by atoms with Gasteiger partial charge in [0.15, 0.2) is 11.5 Å². The molecule has 3 aromatic rings. The number of allylic oxidation sites excluding steroid dienone is 2. The Bertz CT molecular complexity index is 1240. The van der Waals surface area contributed by atoms with E-state index >= 15 is 0 Å². The van der Waals surface area contributed by atoms with E-state index in [-0.39, 0.29) is 23.9 Å². The van der Waals surface area contributed by atoms with Crippen molar-refractivity contribution in [2.24, 2.45) is 5.92 Å². The summed E-state index contributed by atoms with van der Waals surface area (Å²) >= 11 is 3.67. The monoisotopic (exact) mass is 536 g/mol. The van der Waals surface area contributed by atoms with Crippen LogP contribution in [0.15, 0.2) is 71.2 Å². The highest BCUT2D eigenvalue weighted by atomic mass is 79.9. The van der Waals surface area contributed by atoms with Crippen molar-refractivity contribution in [2.45, 2.75) is 24.4 Å². The van der Waals surface area contributed by atoms with Gasteiger partial charge in [-0.25, -0.2) is 0 Å². The first-order chi connectivity index (χ1) is 17.1. The maximum Gasteiger partial charge on any atom is 0.160 e. The number of fused-ring (bicyclic) bond motifs is 3. The van der Waals surface area contributed by atoms with Gasteiger partial charge in [-0.05, 0) is 69.7 Å². The number of halogens is 1. The standard InChI is InChI=1S/C29H29BrO5/c1-31-19-11-8-17(9-12-19)29-28-20(18-10-13-24(32-2)27(14-18)34-4)6-5-7-21(28)22-15-23(30)26(33-3)16-25(22)35-29/h5,7-16,20-21,28-29H,6H2,1-4H3/t20-,21+,28-,29+/m1/s1. The third kappa shape index (κ3) is 4.25. The van der Waals surface area contributed by atoms with Crippen molar-refractivity contribution in [3.8, 4) is 28.7 Å². The Balaban J connectivity index is 1.64. The number of benzene rings is 3. The fraction of sp³-hybridized carbons (Fsp3) is 0.310. The van der Waals surface area contributed by atoms with Crippen LogP contribution in [-0.2, 0) is 0 Å². The van der Waals surface area contributed by atoms with E-state index in [1.807, 2.05) is 24.3 Å². The van der Waals surface area contributed by atoms with E-state index in [4.69, 9.17) is 23.7 Å². The molecule has 0 N–H and O–H groups in total. The lowest BCUT2D eigenvalue weighted by Crippen LogP contribution is -2.35. The topological polar surface area (TPSA) is 46.2 Å². The predicted molar refractivity (Wildman–Crippen MR) is 139 cm³/mol. The average molecular weight is 537 g/mol. The van der Waals surface area contributed by atoms with Gasteiger partial charge in [0, 0.05) is 23.5 Å². The largest absolute Gasteiger partial charge is 0.497 e. The van der Waals surface area contributed by atoms with Crippen LogP contribution < -0.4 is 23.7 Å². The first-order valence-electron chi connectivity index (χ1n) is 11.6. The third-order valence-corrected chi connectivity index (χ3v) is 7.76. The molecule has 0 radical (unpaired) electrons. The number of hydrogen-bond donors (Lipinski definition) is 0. The van der Waals surface area contributed by atoms with E-state index in [1.165, 1.54) is 5.56 Å². The van der Waals surface area contributed by atoms with Gasteiger partial charge in [-0.15, -0.1) is 0 Å². The van der Waals surface area contributed by atoms with Crippen LogP contribution in [0.4, 0.5) is 0 Å². The average Bonchev–Trinajstić information content (AvgIpc) is 2.91. The van der Waals surface area contributed by atoms with Gasteiger partial charge in [0.2, 0.25) is 0 Å². The lowest BCUT2D eigenvalue weighted by atomic mass is 9.65. The molecule has 3 aromatic carbocycles. The maximum atomic E-state index is 6.78. The molecule has 0 fully saturated rings. The molecule has 5 rings (SSSR count). The lowest BCUT2D eigenvalue weighted by Gasteiger charge is -2.45. The molecule has 1 aliphatic carbocycles. The first kappa shape index (κ1) is 23.6. The van der Waals surface area contributed by atoms with Crippen molar-refractivity contribution in [1.82, 2.24) is 0 Å². The molecule has 1 heterocycles. The Morgan fingerprint density at radius 2 is 1.49 bits per heavy atom. The molecule has 4 atom stereocenters. The molecule has 0 amide bonds. The van der Waals surface area contributed by atoms with Gasteiger partial charge in [-0.3, -0.25) is 0 Å². The maximum absolute atomic E-state index is 6.78. The van der Waals surface area contributed by atoms with Crippen LogP contribution in [0.2, 0.25) is 0 Å². The zero-order valence-corrected chi connectivity index (χ0v) is 21.9. The molecule has 182 valence electrons. The lowest BCUT2D eigenvalue weighted by molar-refractivity contribution is 0.0805. The zero-order chi connectivity index (χ0) is 24.5. The molecular weight excluding hydrogens is 508 g/mol. The van der Waals surface area contributed by atoms with Gasteiger partial charge in [0.25, 0.3) is 0 Å². The van der Waals surface area contributed by atoms with Crippen LogP contribution in [0.5, 0.6) is 28.7 Å². The Hall–Kier alpha value is -3.12. The van der Waals surface area contributed by atoms with E-state index in [0.717, 1.165) is 50.8 Å². The van der Waals surface area contributed by atoms with Crippen LogP contribution in [0.25, 0.3) is 0 Å². The van der Waals surface area contributed by atoms with Crippen molar-refractivity contribution >= 4 is 15.9 Å². The van der Waals surface area contributed by atoms with Crippen molar-refractivity contribution in [2.75, 3.05) is 28.4 Å². The summed E-state index contributed by atoms with van der Waals surface area (Å²) in [5, 5.41) is 0. The summed E-state index contributed by atoms with van der Waals surface area (Å²) in [5.74, 6) is 4.49. The molecular formula is C29H29BrO5. The van der Waals surface area contributed by atoms with Crippen molar-refractivity contribution in [1.29, 1.82) is 0 Å². The Morgan fingerprint density at radius 3 is 2.17 bits per heavy atom. The van der Waals surface area contributed by atoms with Crippen LogP contribution in [-0.4, -0.2) is 28.4 Å². The third-order valence-electron chi connectivity index (χ3n) is 7.14. The normalized spacial score (nSPS) is 22.4. The van der Waals surface area contributed by atoms with E-state index in [0.29, 0.717) is 0 Å². The number of hydrogen-bond acceptors (Lipinski definition) is 5. The quantitative estimate of drug-likeness (QED) is 0.315. The first-order valence-corrected chi connectivity index (χ1v) is 12.4. The second-order valence-electron chi connectivity index (χ2n) is 8.82. The molecule has 0 saturated heterocycles. The highest BCUT2D eigenvalue weighted by Crippen LogP contribution is 2.57. The summed E-state index contributed by atoms with van der Waals surface area (Å²) in [6.07, 6.45) is 5.39. The van der Waals surface area contributed by atoms with E-state index in [1.54, 1.807) is 28.4 Å². The minimum Gasteiger partial charge on any atom is -0.497 e. The fourth-order valence-electron chi connectivity index (χ4n) is 5.43. The minimum absolute atomic E-state index is 0.146. The Morgan fingerprint density at radius 1 is 0.771 bits per heavy atom. The summed E-state index contributed by atoms with van der Waals surface area (Å²) in [7, 11) is 6.69. The molecule has 35 heavy (non-hydrogen) atoms. The molecule has 5 nitrogen and oxygen atoms in total. The second kappa shape index (κ2) is 9.86. The smallest absolute Gasteiger partial charge is 0.160 e. The molecule has 2 aliphatic rings. The molecule has 1 aliphatic heterocycles. The number of ether oxygens (including phenoxy) is 5. The minimum atomic E-state index is -0.146. The molecule has 0 unspecified atom stereocenters. The number of methoxy groups -OCH3 is 4. The highest BCUT2D eigenvalue weighted by Gasteiger charge is 2.44. The van der Waals surface area contributed by atoms with Gasteiger partial charge >= 0.3 is 0 Å². The predicted octanol–water partition coefficient (Wildman–Crippen LogP) is 7.06. The summed E-state index contributed by atoms with van der Waals surface area (Å²) in [6.45, 7) is 0. The Labute approximate surface area is 214 Å². The van der Waals surface area contributed by atoms with E-state index < -0.39 is 0 Å². The second-order valence-corrected chi connectivity index (χ2v) is 9.68. The van der Waals surface area contributed by atoms with Crippen LogP contribution in [0.3, 0.4) is 0 Å². The number of rotatable bonds is 6. The molecule has 0 bridgehead atoms. The molecule has 0 spiro atoms. The van der Waals surface area contributed by atoms with E-state index in [9.17, 15) is 0 Å². The van der Waals surface area contributed by atoms with Crippen LogP contribution in [0.1, 0.15) is 41.1 Å². The van der Waals surface area contributed by atoms with Gasteiger partial charge in [0.1, 0.15) is 23.4 Å². The molecule has 0 aromatic heterocycles. The van der Waals surface area contributed by atoms with Crippen molar-refractivity contribution in [3.05, 3.63) is 87.9 Å². The van der Waals surface area contributed by atoms with Crippen molar-refractivity contribution in [3.63, 3.8) is 0 Å².